The molecule has 2 aliphatic rings. The van der Waals surface area contributed by atoms with Crippen molar-refractivity contribution >= 4 is 18.0 Å². The van der Waals surface area contributed by atoms with Gasteiger partial charge in [0.1, 0.15) is 0 Å². The zero-order valence-electron chi connectivity index (χ0n) is 7.59. The zero-order chi connectivity index (χ0) is 9.38. The summed E-state index contributed by atoms with van der Waals surface area (Å²) in [6.45, 7) is 0.828. The molecule has 0 unspecified atom stereocenters. The molecule has 0 bridgehead atoms. The van der Waals surface area contributed by atoms with Gasteiger partial charge in [-0.15, -0.1) is 0 Å². The summed E-state index contributed by atoms with van der Waals surface area (Å²) >= 11 is 0. The van der Waals surface area contributed by atoms with Crippen LogP contribution in [0.1, 0.15) is 5.56 Å². The van der Waals surface area contributed by atoms with Crippen LogP contribution in [-0.4, -0.2) is 17.7 Å². The van der Waals surface area contributed by atoms with Gasteiger partial charge < -0.3 is 4.90 Å². The Morgan fingerprint density at radius 1 is 1.29 bits per heavy atom. The summed E-state index contributed by atoms with van der Waals surface area (Å²) in [5.74, 6) is 0. The summed E-state index contributed by atoms with van der Waals surface area (Å²) in [5.41, 5.74) is 3.51. The van der Waals surface area contributed by atoms with E-state index < -0.39 is 0 Å². The first kappa shape index (κ1) is 7.50. The maximum Gasteiger partial charge on any atom is 0.0674 e. The number of pyridine rings is 1. The predicted octanol–water partition coefficient (Wildman–Crippen LogP) is 1.84. The molecule has 0 saturated heterocycles. The van der Waals surface area contributed by atoms with Crippen molar-refractivity contribution in [3.63, 3.8) is 0 Å². The van der Waals surface area contributed by atoms with Crippen LogP contribution in [0.25, 0.3) is 6.08 Å². The van der Waals surface area contributed by atoms with E-state index >= 15 is 0 Å². The highest BCUT2D eigenvalue weighted by Gasteiger charge is 2.17. The number of nitrogens with zero attached hydrogens (tertiary/aromatic N) is 3. The van der Waals surface area contributed by atoms with E-state index in [1.807, 2.05) is 30.9 Å². The highest BCUT2D eigenvalue weighted by Crippen LogP contribution is 2.30. The van der Waals surface area contributed by atoms with E-state index in [4.69, 9.17) is 0 Å². The third-order valence-electron chi connectivity index (χ3n) is 2.45. The lowest BCUT2D eigenvalue weighted by molar-refractivity contribution is 1.03. The molecule has 0 saturated carbocycles. The highest BCUT2D eigenvalue weighted by atomic mass is 15.2. The molecule has 3 rings (SSSR count). The summed E-state index contributed by atoms with van der Waals surface area (Å²) in [7, 11) is 0. The van der Waals surface area contributed by atoms with E-state index in [2.05, 4.69) is 27.0 Å². The fourth-order valence-electron chi connectivity index (χ4n) is 1.74. The molecule has 0 fully saturated rings. The molecule has 68 valence electrons. The zero-order valence-corrected chi connectivity index (χ0v) is 7.59. The number of hydrogen-bond acceptors (Lipinski definition) is 3. The van der Waals surface area contributed by atoms with Gasteiger partial charge in [-0.2, -0.15) is 0 Å². The standard InChI is InChI=1S/C11H9N3/c1-2-10-7-13-5-6-14(10)11-8-12-4-3-9(1)11/h1-5,7-8H,6H2. The van der Waals surface area contributed by atoms with Crippen LogP contribution in [-0.2, 0) is 0 Å². The van der Waals surface area contributed by atoms with Crippen LogP contribution in [0.5, 0.6) is 0 Å². The number of fused-ring (bicyclic) bond motifs is 3. The van der Waals surface area contributed by atoms with E-state index in [0.29, 0.717) is 0 Å². The number of rotatable bonds is 0. The molecule has 1 aromatic heterocycles. The van der Waals surface area contributed by atoms with Gasteiger partial charge in [-0.1, -0.05) is 6.08 Å². The monoisotopic (exact) mass is 183 g/mol. The van der Waals surface area contributed by atoms with Crippen molar-refractivity contribution in [2.45, 2.75) is 0 Å². The molecule has 0 spiro atoms. The largest absolute Gasteiger partial charge is 0.333 e. The minimum Gasteiger partial charge on any atom is -0.333 e. The number of anilines is 1. The van der Waals surface area contributed by atoms with Crippen molar-refractivity contribution in [3.05, 3.63) is 42.0 Å². The van der Waals surface area contributed by atoms with Crippen molar-refractivity contribution in [3.8, 4) is 0 Å². The molecule has 0 aliphatic carbocycles. The Labute approximate surface area is 82.1 Å². The fraction of sp³-hybridized carbons (Fsp3) is 0.0909. The van der Waals surface area contributed by atoms with Crippen LogP contribution in [0.15, 0.2) is 41.4 Å². The molecule has 3 heteroatoms. The van der Waals surface area contributed by atoms with Gasteiger partial charge in [-0.05, 0) is 12.1 Å². The molecule has 3 heterocycles. The van der Waals surface area contributed by atoms with Crippen LogP contribution in [0.3, 0.4) is 0 Å². The van der Waals surface area contributed by atoms with Crippen molar-refractivity contribution < 1.29 is 0 Å². The Balaban J connectivity index is 2.18. The van der Waals surface area contributed by atoms with E-state index in [0.717, 1.165) is 17.9 Å². The van der Waals surface area contributed by atoms with E-state index in [-0.39, 0.29) is 0 Å². The lowest BCUT2D eigenvalue weighted by Crippen LogP contribution is -2.28. The van der Waals surface area contributed by atoms with Gasteiger partial charge in [0.05, 0.1) is 30.3 Å². The minimum atomic E-state index is 0.828. The third kappa shape index (κ3) is 0.988. The number of aliphatic imine (C=N–C) groups is 1. The number of aromatic nitrogens is 1. The van der Waals surface area contributed by atoms with Crippen LogP contribution in [0.2, 0.25) is 0 Å². The summed E-state index contributed by atoms with van der Waals surface area (Å²) in [4.78, 5) is 10.5. The van der Waals surface area contributed by atoms with E-state index in [1.165, 1.54) is 5.56 Å². The Hall–Kier alpha value is -1.90. The van der Waals surface area contributed by atoms with Crippen molar-refractivity contribution in [1.29, 1.82) is 0 Å². The van der Waals surface area contributed by atoms with Crippen molar-refractivity contribution in [1.82, 2.24) is 4.98 Å². The molecule has 1 aromatic rings. The lowest BCUT2D eigenvalue weighted by Gasteiger charge is -2.29. The SMILES string of the molecule is C1=Cc2ccncc2N2CC=NC=C12. The Kier molecular flexibility index (Phi) is 1.50. The van der Waals surface area contributed by atoms with E-state index in [9.17, 15) is 0 Å². The molecular weight excluding hydrogens is 174 g/mol. The average molecular weight is 183 g/mol. The molecule has 0 N–H and O–H groups in total. The second kappa shape index (κ2) is 2.80. The number of hydrogen-bond donors (Lipinski definition) is 0. The molecule has 2 aliphatic heterocycles. The fourth-order valence-corrected chi connectivity index (χ4v) is 1.74. The normalized spacial score (nSPS) is 17.4. The summed E-state index contributed by atoms with van der Waals surface area (Å²) in [6, 6.07) is 2.02. The van der Waals surface area contributed by atoms with Gasteiger partial charge in [-0.25, -0.2) is 0 Å². The minimum absolute atomic E-state index is 0.828. The van der Waals surface area contributed by atoms with Gasteiger partial charge >= 0.3 is 0 Å². The molecule has 0 atom stereocenters. The molecule has 14 heavy (non-hydrogen) atoms. The first-order valence-electron chi connectivity index (χ1n) is 4.56. The van der Waals surface area contributed by atoms with Gasteiger partial charge in [-0.3, -0.25) is 9.98 Å². The summed E-state index contributed by atoms with van der Waals surface area (Å²) in [5, 5.41) is 0. The topological polar surface area (TPSA) is 28.5 Å². The van der Waals surface area contributed by atoms with Crippen LogP contribution in [0, 0.1) is 0 Å². The quantitative estimate of drug-likeness (QED) is 0.614. The molecule has 0 radical (unpaired) electrons. The van der Waals surface area contributed by atoms with Crippen molar-refractivity contribution in [2.24, 2.45) is 4.99 Å². The van der Waals surface area contributed by atoms with E-state index in [1.54, 1.807) is 0 Å². The maximum absolute atomic E-state index is 4.14. The van der Waals surface area contributed by atoms with Crippen LogP contribution >= 0.6 is 0 Å². The second-order valence-electron chi connectivity index (χ2n) is 3.26. The molecule has 3 nitrogen and oxygen atoms in total. The van der Waals surface area contributed by atoms with Gasteiger partial charge in [0.15, 0.2) is 0 Å². The molecule has 0 amide bonds. The van der Waals surface area contributed by atoms with Gasteiger partial charge in [0.25, 0.3) is 0 Å². The first-order chi connectivity index (χ1) is 6.95. The molecular formula is C11H9N3. The highest BCUT2D eigenvalue weighted by molar-refractivity contribution is 5.81. The molecule has 0 aromatic carbocycles. The van der Waals surface area contributed by atoms with Crippen LogP contribution < -0.4 is 4.90 Å². The van der Waals surface area contributed by atoms with Crippen LogP contribution in [0.4, 0.5) is 5.69 Å². The smallest absolute Gasteiger partial charge is 0.0674 e. The number of allylic oxidation sites excluding steroid dienone is 1. The Bertz CT molecular complexity index is 457. The van der Waals surface area contributed by atoms with Gasteiger partial charge in [0.2, 0.25) is 0 Å². The third-order valence-corrected chi connectivity index (χ3v) is 2.45. The van der Waals surface area contributed by atoms with Gasteiger partial charge in [0, 0.05) is 18.0 Å². The predicted molar refractivity (Wildman–Crippen MR) is 57.2 cm³/mol. The Morgan fingerprint density at radius 2 is 2.29 bits per heavy atom. The second-order valence-corrected chi connectivity index (χ2v) is 3.26. The summed E-state index contributed by atoms with van der Waals surface area (Å²) < 4.78 is 0. The summed E-state index contributed by atoms with van der Waals surface area (Å²) in [6.07, 6.45) is 11.7. The van der Waals surface area contributed by atoms with Crippen molar-refractivity contribution in [2.75, 3.05) is 11.4 Å². The maximum atomic E-state index is 4.14. The average Bonchev–Trinajstić information content (AvgIpc) is 2.29. The lowest BCUT2D eigenvalue weighted by atomic mass is 10.1. The first-order valence-corrected chi connectivity index (χ1v) is 4.56. The Morgan fingerprint density at radius 3 is 3.29 bits per heavy atom.